The molecule has 0 aromatic rings. The molecule has 1 nitrogen and oxygen atoms in total. The largest absolute Gasteiger partial charge is 0.308 e. The molecule has 148 valence electrons. The Morgan fingerprint density at radius 1 is 0.680 bits per heavy atom. The normalized spacial score (nSPS) is 12.6. The maximum absolute atomic E-state index is 3.61. The highest BCUT2D eigenvalue weighted by Gasteiger charge is 2.10. The minimum atomic E-state index is 0.149. The minimum absolute atomic E-state index is 0.149. The molecule has 0 amide bonds. The van der Waals surface area contributed by atoms with Gasteiger partial charge in [0.1, 0.15) is 0 Å². The molecule has 0 rings (SSSR count). The summed E-state index contributed by atoms with van der Waals surface area (Å²) in [5.41, 5.74) is 0.149. The van der Waals surface area contributed by atoms with E-state index in [9.17, 15) is 0 Å². The molecule has 25 heavy (non-hydrogen) atoms. The Hall–Kier alpha value is -0.560. The number of rotatable bonds is 18. The van der Waals surface area contributed by atoms with E-state index in [1.54, 1.807) is 0 Å². The first kappa shape index (κ1) is 24.4. The monoisotopic (exact) mass is 349 g/mol. The van der Waals surface area contributed by atoms with E-state index >= 15 is 0 Å². The molecule has 0 bridgehead atoms. The number of hydrogen-bond donors (Lipinski definition) is 1. The fourth-order valence-electron chi connectivity index (χ4n) is 3.26. The molecule has 1 N–H and O–H groups in total. The van der Waals surface area contributed by atoms with Gasteiger partial charge in [-0.25, -0.2) is 0 Å². The number of allylic oxidation sites excluding steroid dienone is 3. The van der Waals surface area contributed by atoms with Crippen molar-refractivity contribution in [2.24, 2.45) is 0 Å². The third-order valence-electron chi connectivity index (χ3n) is 4.85. The first-order valence-corrected chi connectivity index (χ1v) is 11.2. The molecular formula is C24H47N. The van der Waals surface area contributed by atoms with Crippen molar-refractivity contribution in [2.75, 3.05) is 6.54 Å². The maximum Gasteiger partial charge on any atom is 0.0307 e. The lowest BCUT2D eigenvalue weighted by molar-refractivity contribution is 0.457. The van der Waals surface area contributed by atoms with Crippen LogP contribution in [-0.2, 0) is 0 Å². The van der Waals surface area contributed by atoms with E-state index in [1.807, 2.05) is 0 Å². The fourth-order valence-corrected chi connectivity index (χ4v) is 3.26. The average molecular weight is 350 g/mol. The van der Waals surface area contributed by atoms with Crippen molar-refractivity contribution in [3.63, 3.8) is 0 Å². The second kappa shape index (κ2) is 18.2. The molecule has 0 aliphatic rings. The first-order valence-electron chi connectivity index (χ1n) is 11.2. The summed E-state index contributed by atoms with van der Waals surface area (Å²) >= 11 is 0. The van der Waals surface area contributed by atoms with Gasteiger partial charge in [-0.05, 0) is 59.4 Å². The molecule has 0 radical (unpaired) electrons. The number of hydrogen-bond acceptors (Lipinski definition) is 1. The summed E-state index contributed by atoms with van der Waals surface area (Å²) in [7, 11) is 0. The molecule has 0 atom stereocenters. The number of unbranched alkanes of at least 4 members (excludes halogenated alkanes) is 12. The van der Waals surface area contributed by atoms with Crippen LogP contribution in [0.3, 0.4) is 0 Å². The van der Waals surface area contributed by atoms with E-state index in [0.29, 0.717) is 0 Å². The van der Waals surface area contributed by atoms with Gasteiger partial charge >= 0.3 is 0 Å². The Morgan fingerprint density at radius 3 is 1.68 bits per heavy atom. The van der Waals surface area contributed by atoms with Gasteiger partial charge in [0.2, 0.25) is 0 Å². The molecular weight excluding hydrogens is 302 g/mol. The van der Waals surface area contributed by atoms with Crippen molar-refractivity contribution in [3.05, 3.63) is 24.3 Å². The fraction of sp³-hybridized carbons (Fsp3) is 0.833. The van der Waals surface area contributed by atoms with Crippen molar-refractivity contribution in [1.29, 1.82) is 0 Å². The average Bonchev–Trinajstić information content (AvgIpc) is 2.57. The van der Waals surface area contributed by atoms with Gasteiger partial charge in [-0.1, -0.05) is 89.0 Å². The van der Waals surface area contributed by atoms with Crippen LogP contribution in [0.4, 0.5) is 0 Å². The Labute approximate surface area is 159 Å². The standard InChI is InChI=1S/C24H47N/c1-5-7-8-9-10-11-12-13-14-15-16-17-18-19-20-21-23-25-24(3,4)22-6-2/h6,13-14,22,25H,5,7-12,15-21,23H2,1-4H3/b14-13-,22-6?. The van der Waals surface area contributed by atoms with E-state index in [1.165, 1.54) is 89.9 Å². The predicted octanol–water partition coefficient (Wildman–Crippen LogP) is 7.97. The van der Waals surface area contributed by atoms with Crippen molar-refractivity contribution in [2.45, 2.75) is 123 Å². The highest BCUT2D eigenvalue weighted by Crippen LogP contribution is 2.10. The zero-order valence-corrected chi connectivity index (χ0v) is 17.9. The zero-order valence-electron chi connectivity index (χ0n) is 17.9. The van der Waals surface area contributed by atoms with Crippen LogP contribution < -0.4 is 5.32 Å². The molecule has 0 spiro atoms. The highest BCUT2D eigenvalue weighted by molar-refractivity contribution is 4.99. The van der Waals surface area contributed by atoms with Crippen LogP contribution in [0, 0.1) is 0 Å². The quantitative estimate of drug-likeness (QED) is 0.195. The topological polar surface area (TPSA) is 12.0 Å². The van der Waals surface area contributed by atoms with Crippen molar-refractivity contribution < 1.29 is 0 Å². The molecule has 0 unspecified atom stereocenters. The molecule has 0 aliphatic carbocycles. The van der Waals surface area contributed by atoms with Gasteiger partial charge in [-0.15, -0.1) is 0 Å². The van der Waals surface area contributed by atoms with E-state index in [-0.39, 0.29) is 5.54 Å². The highest BCUT2D eigenvalue weighted by atomic mass is 14.9. The van der Waals surface area contributed by atoms with E-state index in [2.05, 4.69) is 57.3 Å². The summed E-state index contributed by atoms with van der Waals surface area (Å²) in [4.78, 5) is 0. The second-order valence-corrected chi connectivity index (χ2v) is 8.09. The van der Waals surface area contributed by atoms with Crippen LogP contribution >= 0.6 is 0 Å². The van der Waals surface area contributed by atoms with Gasteiger partial charge in [0.15, 0.2) is 0 Å². The van der Waals surface area contributed by atoms with E-state index < -0.39 is 0 Å². The molecule has 0 saturated heterocycles. The lowest BCUT2D eigenvalue weighted by Crippen LogP contribution is -2.37. The van der Waals surface area contributed by atoms with Gasteiger partial charge in [-0.2, -0.15) is 0 Å². The van der Waals surface area contributed by atoms with E-state index in [0.717, 1.165) is 6.54 Å². The lowest BCUT2D eigenvalue weighted by Gasteiger charge is -2.22. The smallest absolute Gasteiger partial charge is 0.0307 e. The van der Waals surface area contributed by atoms with Crippen LogP contribution in [0.5, 0.6) is 0 Å². The Morgan fingerprint density at radius 2 is 1.16 bits per heavy atom. The van der Waals surface area contributed by atoms with Crippen LogP contribution in [0.25, 0.3) is 0 Å². The van der Waals surface area contributed by atoms with Crippen LogP contribution in [0.1, 0.15) is 118 Å². The summed E-state index contributed by atoms with van der Waals surface area (Å²) < 4.78 is 0. The Bertz CT molecular complexity index is 314. The first-order chi connectivity index (χ1) is 12.1. The van der Waals surface area contributed by atoms with Crippen molar-refractivity contribution in [1.82, 2.24) is 5.32 Å². The molecule has 0 aromatic carbocycles. The third-order valence-corrected chi connectivity index (χ3v) is 4.85. The SMILES string of the molecule is CC=CC(C)(C)NCCCCCCCC/C=C\CCCCCCCC. The Balaban J connectivity index is 3.22. The number of nitrogens with one attached hydrogen (secondary N) is 1. The second-order valence-electron chi connectivity index (χ2n) is 8.09. The predicted molar refractivity (Wildman–Crippen MR) is 116 cm³/mol. The molecule has 0 saturated carbocycles. The van der Waals surface area contributed by atoms with Crippen molar-refractivity contribution >= 4 is 0 Å². The summed E-state index contributed by atoms with van der Waals surface area (Å²) in [5.74, 6) is 0. The van der Waals surface area contributed by atoms with Gasteiger partial charge < -0.3 is 5.32 Å². The van der Waals surface area contributed by atoms with Gasteiger partial charge in [0.25, 0.3) is 0 Å². The van der Waals surface area contributed by atoms with Gasteiger partial charge in [0.05, 0.1) is 0 Å². The molecule has 1 heteroatoms. The molecule has 0 aromatic heterocycles. The van der Waals surface area contributed by atoms with E-state index in [4.69, 9.17) is 0 Å². The zero-order chi connectivity index (χ0) is 18.6. The van der Waals surface area contributed by atoms with Crippen molar-refractivity contribution in [3.8, 4) is 0 Å². The third kappa shape index (κ3) is 19.6. The Kier molecular flexibility index (Phi) is 17.8. The van der Waals surface area contributed by atoms with Crippen LogP contribution in [-0.4, -0.2) is 12.1 Å². The van der Waals surface area contributed by atoms with Gasteiger partial charge in [0, 0.05) is 5.54 Å². The van der Waals surface area contributed by atoms with Gasteiger partial charge in [-0.3, -0.25) is 0 Å². The minimum Gasteiger partial charge on any atom is -0.308 e. The summed E-state index contributed by atoms with van der Waals surface area (Å²) in [6.45, 7) is 10.00. The lowest BCUT2D eigenvalue weighted by atomic mass is 10.0. The summed E-state index contributed by atoms with van der Waals surface area (Å²) in [6.07, 6.45) is 28.5. The van der Waals surface area contributed by atoms with Crippen LogP contribution in [0.15, 0.2) is 24.3 Å². The van der Waals surface area contributed by atoms with Crippen LogP contribution in [0.2, 0.25) is 0 Å². The molecule has 0 heterocycles. The maximum atomic E-state index is 3.61. The molecule has 0 aliphatic heterocycles. The summed E-state index contributed by atoms with van der Waals surface area (Å²) in [6, 6.07) is 0. The summed E-state index contributed by atoms with van der Waals surface area (Å²) in [5, 5.41) is 3.61. The molecule has 0 fully saturated rings.